The number of carbonyl (C=O) groups excluding carboxylic acids is 2. The van der Waals surface area contributed by atoms with Gasteiger partial charge in [-0.1, -0.05) is 65.7 Å². The highest BCUT2D eigenvalue weighted by Crippen LogP contribution is 2.42. The number of hydrogen-bond donors (Lipinski definition) is 1. The summed E-state index contributed by atoms with van der Waals surface area (Å²) < 4.78 is 16.6. The molecule has 3 aromatic carbocycles. The van der Waals surface area contributed by atoms with Crippen molar-refractivity contribution >= 4 is 40.8 Å². The van der Waals surface area contributed by atoms with Crippen molar-refractivity contribution in [2.45, 2.75) is 32.4 Å². The number of nitrogens with one attached hydrogen (secondary N) is 1. The average molecular weight is 655 g/mol. The Balaban J connectivity index is 1.78. The number of carbonyl (C=O) groups is 2. The zero-order valence-electron chi connectivity index (χ0n) is 25.4. The first-order valence-corrected chi connectivity index (χ1v) is 14.7. The van der Waals surface area contributed by atoms with Crippen LogP contribution in [0, 0.1) is 10.1 Å². The molecule has 1 aliphatic heterocycles. The molecule has 2 unspecified atom stereocenters. The van der Waals surface area contributed by atoms with Gasteiger partial charge in [0.05, 0.1) is 41.2 Å². The highest BCUT2D eigenvalue weighted by Gasteiger charge is 2.39. The van der Waals surface area contributed by atoms with Gasteiger partial charge >= 0.3 is 11.9 Å². The third-order valence-corrected chi connectivity index (χ3v) is 8.34. The van der Waals surface area contributed by atoms with E-state index in [-0.39, 0.29) is 33.4 Å². The number of esters is 2. The quantitative estimate of drug-likeness (QED) is 0.136. The van der Waals surface area contributed by atoms with E-state index in [1.165, 1.54) is 32.4 Å². The lowest BCUT2D eigenvalue weighted by molar-refractivity contribution is -0.384. The summed E-state index contributed by atoms with van der Waals surface area (Å²) in [5.41, 5.74) is 2.72. The second-order valence-electron chi connectivity index (χ2n) is 10.5. The Morgan fingerprint density at radius 3 is 2.24 bits per heavy atom. The van der Waals surface area contributed by atoms with E-state index >= 15 is 0 Å². The maximum absolute atomic E-state index is 14.3. The Kier molecular flexibility index (Phi) is 10.9. The first kappa shape index (κ1) is 33.5. The van der Waals surface area contributed by atoms with Crippen LogP contribution in [0.2, 0.25) is 10.0 Å². The van der Waals surface area contributed by atoms with Gasteiger partial charge in [-0.05, 0) is 44.2 Å². The van der Waals surface area contributed by atoms with Gasteiger partial charge in [-0.2, -0.15) is 0 Å². The second kappa shape index (κ2) is 14.6. The highest BCUT2D eigenvalue weighted by atomic mass is 35.5. The third kappa shape index (κ3) is 7.47. The van der Waals surface area contributed by atoms with Crippen molar-refractivity contribution in [1.29, 1.82) is 0 Å². The molecule has 0 spiro atoms. The lowest BCUT2D eigenvalue weighted by atomic mass is 9.80. The maximum atomic E-state index is 14.3. The lowest BCUT2D eigenvalue weighted by Crippen LogP contribution is -2.34. The SMILES string of the molecule is COC(=O)C1=C(C)NC(C)=C(C(=O)OC(CN(C)Cc2ccccc2)c2ccc(OC)c(Cl)c2Cl)C1c1cccc([N+](=O)[O-])c1. The summed E-state index contributed by atoms with van der Waals surface area (Å²) in [6.07, 6.45) is -0.915. The minimum Gasteiger partial charge on any atom is -0.495 e. The molecule has 4 rings (SSSR count). The van der Waals surface area contributed by atoms with Gasteiger partial charge in [-0.25, -0.2) is 9.59 Å². The van der Waals surface area contributed by atoms with Crippen molar-refractivity contribution in [3.05, 3.63) is 126 Å². The molecule has 0 bridgehead atoms. The van der Waals surface area contributed by atoms with Crippen LogP contribution in [0.1, 0.15) is 42.6 Å². The van der Waals surface area contributed by atoms with Crippen molar-refractivity contribution in [1.82, 2.24) is 10.2 Å². The van der Waals surface area contributed by atoms with Gasteiger partial charge in [0.2, 0.25) is 0 Å². The molecule has 3 aromatic rings. The standard InChI is InChI=1S/C33H33Cl2N3O7/c1-19-27(32(39)44-5)29(22-12-9-13-23(16-22)38(41)42)28(20(2)36-19)33(40)45-26(18-37(3)17-21-10-7-6-8-11-21)24-14-15-25(43-4)31(35)30(24)34/h6-16,26,29,36H,17-18H2,1-5H3. The molecular formula is C33H33Cl2N3O7. The number of dihydropyridines is 1. The Morgan fingerprint density at radius 1 is 0.956 bits per heavy atom. The molecule has 1 N–H and O–H groups in total. The molecule has 10 nitrogen and oxygen atoms in total. The molecule has 0 radical (unpaired) electrons. The van der Waals surface area contributed by atoms with E-state index in [4.69, 9.17) is 37.4 Å². The van der Waals surface area contributed by atoms with Crippen molar-refractivity contribution in [3.63, 3.8) is 0 Å². The predicted octanol–water partition coefficient (Wildman–Crippen LogP) is 6.73. The summed E-state index contributed by atoms with van der Waals surface area (Å²) in [4.78, 5) is 40.4. The highest BCUT2D eigenvalue weighted by molar-refractivity contribution is 6.43. The minimum atomic E-state index is -1.02. The van der Waals surface area contributed by atoms with Gasteiger partial charge in [0, 0.05) is 42.2 Å². The molecule has 0 saturated carbocycles. The van der Waals surface area contributed by atoms with Crippen molar-refractivity contribution in [2.75, 3.05) is 27.8 Å². The monoisotopic (exact) mass is 653 g/mol. The smallest absolute Gasteiger partial charge is 0.337 e. The number of likely N-dealkylation sites (N-methyl/N-ethyl adjacent to an activating group) is 1. The summed E-state index contributed by atoms with van der Waals surface area (Å²) >= 11 is 13.2. The number of ether oxygens (including phenoxy) is 3. The van der Waals surface area contributed by atoms with Gasteiger partial charge in [-0.15, -0.1) is 0 Å². The van der Waals surface area contributed by atoms with Crippen molar-refractivity contribution < 1.29 is 28.7 Å². The minimum absolute atomic E-state index is 0.0907. The predicted molar refractivity (Wildman–Crippen MR) is 171 cm³/mol. The average Bonchev–Trinajstić information content (AvgIpc) is 3.01. The number of benzene rings is 3. The number of nitro benzene ring substituents is 1. The van der Waals surface area contributed by atoms with E-state index < -0.39 is 28.9 Å². The molecular weight excluding hydrogens is 621 g/mol. The Labute approximate surface area is 271 Å². The van der Waals surface area contributed by atoms with Crippen LogP contribution in [0.5, 0.6) is 5.75 Å². The van der Waals surface area contributed by atoms with Crippen LogP contribution < -0.4 is 10.1 Å². The number of halogens is 2. The van der Waals surface area contributed by atoms with E-state index in [0.29, 0.717) is 34.8 Å². The fraction of sp³-hybridized carbons (Fsp3) is 0.273. The molecule has 12 heteroatoms. The molecule has 45 heavy (non-hydrogen) atoms. The fourth-order valence-electron chi connectivity index (χ4n) is 5.38. The summed E-state index contributed by atoms with van der Waals surface area (Å²) in [6, 6.07) is 18.9. The first-order valence-electron chi connectivity index (χ1n) is 13.9. The van der Waals surface area contributed by atoms with Crippen LogP contribution in [-0.4, -0.2) is 49.6 Å². The largest absolute Gasteiger partial charge is 0.495 e. The van der Waals surface area contributed by atoms with Crippen LogP contribution in [-0.2, 0) is 25.6 Å². The molecule has 0 aromatic heterocycles. The van der Waals surface area contributed by atoms with Crippen LogP contribution >= 0.6 is 23.2 Å². The molecule has 236 valence electrons. The maximum Gasteiger partial charge on any atom is 0.337 e. The number of methoxy groups -OCH3 is 2. The molecule has 0 fully saturated rings. The van der Waals surface area contributed by atoms with E-state index in [1.807, 2.05) is 42.3 Å². The van der Waals surface area contributed by atoms with Gasteiger partial charge < -0.3 is 19.5 Å². The Bertz CT molecular complexity index is 1670. The Morgan fingerprint density at radius 2 is 1.62 bits per heavy atom. The molecule has 2 atom stereocenters. The summed E-state index contributed by atoms with van der Waals surface area (Å²) in [5, 5.41) is 15.1. The number of nitrogens with zero attached hydrogens (tertiary/aromatic N) is 2. The summed E-state index contributed by atoms with van der Waals surface area (Å²) in [5.74, 6) is -2.12. The van der Waals surface area contributed by atoms with Crippen LogP contribution in [0.25, 0.3) is 0 Å². The summed E-state index contributed by atoms with van der Waals surface area (Å²) in [6.45, 7) is 4.11. The molecule has 0 aliphatic carbocycles. The van der Waals surface area contributed by atoms with Gasteiger partial charge in [0.1, 0.15) is 16.9 Å². The zero-order valence-corrected chi connectivity index (χ0v) is 26.9. The molecule has 0 saturated heterocycles. The van der Waals surface area contributed by atoms with Gasteiger partial charge in [0.15, 0.2) is 0 Å². The number of nitro groups is 1. The first-order chi connectivity index (χ1) is 21.5. The van der Waals surface area contributed by atoms with Gasteiger partial charge in [-0.3, -0.25) is 15.0 Å². The number of allylic oxidation sites excluding steroid dienone is 2. The van der Waals surface area contributed by atoms with Crippen LogP contribution in [0.4, 0.5) is 5.69 Å². The Hall–Kier alpha value is -4.38. The lowest BCUT2D eigenvalue weighted by Gasteiger charge is -2.32. The van der Waals surface area contributed by atoms with Crippen molar-refractivity contribution in [2.24, 2.45) is 0 Å². The third-order valence-electron chi connectivity index (χ3n) is 7.47. The zero-order chi connectivity index (χ0) is 32.8. The number of hydrogen-bond acceptors (Lipinski definition) is 9. The van der Waals surface area contributed by atoms with E-state index in [2.05, 4.69) is 5.32 Å². The topological polar surface area (TPSA) is 120 Å². The summed E-state index contributed by atoms with van der Waals surface area (Å²) in [7, 11) is 4.58. The van der Waals surface area contributed by atoms with E-state index in [9.17, 15) is 19.7 Å². The molecule has 1 heterocycles. The normalized spacial score (nSPS) is 15.4. The number of non-ortho nitro benzene ring substituents is 1. The van der Waals surface area contributed by atoms with Crippen LogP contribution in [0.3, 0.4) is 0 Å². The van der Waals surface area contributed by atoms with Gasteiger partial charge in [0.25, 0.3) is 5.69 Å². The molecule has 0 amide bonds. The van der Waals surface area contributed by atoms with E-state index in [0.717, 1.165) is 5.56 Å². The van der Waals surface area contributed by atoms with E-state index in [1.54, 1.807) is 32.0 Å². The molecule has 1 aliphatic rings. The second-order valence-corrected chi connectivity index (χ2v) is 11.3. The van der Waals surface area contributed by atoms with Crippen LogP contribution in [0.15, 0.2) is 89.3 Å². The van der Waals surface area contributed by atoms with Crippen molar-refractivity contribution in [3.8, 4) is 5.75 Å². The fourth-order valence-corrected chi connectivity index (χ4v) is 5.91. The number of rotatable bonds is 11.